The Morgan fingerprint density at radius 1 is 1.15 bits per heavy atom. The molecule has 2 aromatic carbocycles. The number of aromatic hydroxyl groups is 1. The summed E-state index contributed by atoms with van der Waals surface area (Å²) in [6.45, 7) is 1.55. The maximum absolute atomic E-state index is 14.2. The molecule has 8 nitrogen and oxygen atoms in total. The molecule has 0 fully saturated rings. The Balaban J connectivity index is 1.90. The number of anilines is 1. The molecule has 0 saturated heterocycles. The number of carboxylic acids is 1. The molecule has 3 rings (SSSR count). The van der Waals surface area contributed by atoms with E-state index in [0.717, 1.165) is 12.1 Å². The first kappa shape index (κ1) is 23.5. The van der Waals surface area contributed by atoms with Crippen LogP contribution in [0.15, 0.2) is 53.5 Å². The van der Waals surface area contributed by atoms with Crippen LogP contribution in [0.2, 0.25) is 0 Å². The molecule has 0 aliphatic rings. The van der Waals surface area contributed by atoms with E-state index >= 15 is 0 Å². The molecule has 10 heteroatoms. The van der Waals surface area contributed by atoms with Gasteiger partial charge in [-0.2, -0.15) is 0 Å². The fourth-order valence-electron chi connectivity index (χ4n) is 3.38. The van der Waals surface area contributed by atoms with Crippen LogP contribution >= 0.6 is 0 Å². The van der Waals surface area contributed by atoms with Gasteiger partial charge in [0.1, 0.15) is 17.4 Å². The minimum atomic E-state index is -1.21. The average molecular weight is 457 g/mol. The molecule has 0 radical (unpaired) electrons. The Kier molecular flexibility index (Phi) is 6.76. The lowest BCUT2D eigenvalue weighted by molar-refractivity contribution is -0.137. The van der Waals surface area contributed by atoms with Crippen LogP contribution < -0.4 is 16.2 Å². The first-order valence-electron chi connectivity index (χ1n) is 9.80. The Morgan fingerprint density at radius 3 is 2.55 bits per heavy atom. The number of aliphatic carboxylic acids is 1. The molecule has 4 N–H and O–H groups in total. The van der Waals surface area contributed by atoms with Crippen molar-refractivity contribution in [3.05, 3.63) is 81.8 Å². The van der Waals surface area contributed by atoms with Crippen LogP contribution in [-0.4, -0.2) is 26.8 Å². The summed E-state index contributed by atoms with van der Waals surface area (Å²) in [7, 11) is 1.45. The van der Waals surface area contributed by atoms with Gasteiger partial charge in [0, 0.05) is 30.4 Å². The second-order valence-corrected chi connectivity index (χ2v) is 7.45. The molecule has 172 valence electrons. The van der Waals surface area contributed by atoms with Gasteiger partial charge in [-0.3, -0.25) is 9.59 Å². The number of rotatable bonds is 6. The lowest BCUT2D eigenvalue weighted by Crippen LogP contribution is -2.36. The minimum Gasteiger partial charge on any atom is -0.505 e. The topological polar surface area (TPSA) is 121 Å². The lowest BCUT2D eigenvalue weighted by atomic mass is 9.97. The largest absolute Gasteiger partial charge is 0.505 e. The van der Waals surface area contributed by atoms with Crippen LogP contribution in [0.25, 0.3) is 11.1 Å². The lowest BCUT2D eigenvalue weighted by Gasteiger charge is -2.19. The van der Waals surface area contributed by atoms with E-state index in [1.807, 2.05) is 0 Å². The first-order chi connectivity index (χ1) is 15.6. The van der Waals surface area contributed by atoms with Crippen molar-refractivity contribution < 1.29 is 28.6 Å². The average Bonchev–Trinajstić information content (AvgIpc) is 2.74. The molecule has 0 bridgehead atoms. The highest BCUT2D eigenvalue weighted by molar-refractivity contribution is 5.91. The number of hydrogen-bond acceptors (Lipinski definition) is 4. The molecule has 0 aliphatic heterocycles. The van der Waals surface area contributed by atoms with E-state index in [2.05, 4.69) is 10.6 Å². The summed E-state index contributed by atoms with van der Waals surface area (Å²) in [6.07, 6.45) is 0.884. The molecule has 1 aromatic heterocycles. The second-order valence-electron chi connectivity index (χ2n) is 7.45. The summed E-state index contributed by atoms with van der Waals surface area (Å²) >= 11 is 0. The van der Waals surface area contributed by atoms with Gasteiger partial charge in [0.2, 0.25) is 0 Å². The fraction of sp³-hybridized carbons (Fsp3) is 0.174. The van der Waals surface area contributed by atoms with Gasteiger partial charge in [0.05, 0.1) is 12.5 Å². The number of halogens is 2. The third kappa shape index (κ3) is 5.35. The minimum absolute atomic E-state index is 0.102. The Labute approximate surface area is 187 Å². The van der Waals surface area contributed by atoms with Crippen molar-refractivity contribution in [2.75, 3.05) is 5.32 Å². The van der Waals surface area contributed by atoms with E-state index < -0.39 is 47.4 Å². The molecular formula is C23H21F2N3O5. The number of aromatic nitrogens is 1. The number of benzene rings is 2. The standard InChI is InChI=1S/C23H21F2N3O5/c1-12-11-28(2)22(32)20(21(12)31)27-23(33)26-18(10-19(29)30)14-5-3-4-13(8-14)16-7-6-15(24)9-17(16)25/h3-9,11,18,31H,10H2,1-2H3,(H,29,30)(H2,26,27,33). The maximum Gasteiger partial charge on any atom is 0.319 e. The van der Waals surface area contributed by atoms with Crippen LogP contribution in [0.3, 0.4) is 0 Å². The molecule has 1 atom stereocenters. The van der Waals surface area contributed by atoms with Gasteiger partial charge in [0.25, 0.3) is 5.56 Å². The highest BCUT2D eigenvalue weighted by Gasteiger charge is 2.21. The van der Waals surface area contributed by atoms with E-state index in [1.54, 1.807) is 25.1 Å². The number of hydrogen-bond donors (Lipinski definition) is 4. The summed E-state index contributed by atoms with van der Waals surface area (Å²) in [5.41, 5.74) is 0.138. The van der Waals surface area contributed by atoms with Gasteiger partial charge < -0.3 is 25.4 Å². The molecule has 2 amide bonds. The predicted octanol–water partition coefficient (Wildman–Crippen LogP) is 3.68. The SMILES string of the molecule is Cc1cn(C)c(=O)c(NC(=O)NC(CC(=O)O)c2cccc(-c3ccc(F)cc3F)c2)c1O. The maximum atomic E-state index is 14.2. The van der Waals surface area contributed by atoms with Gasteiger partial charge >= 0.3 is 12.0 Å². The molecule has 1 heterocycles. The third-order valence-electron chi connectivity index (χ3n) is 4.99. The second kappa shape index (κ2) is 9.51. The van der Waals surface area contributed by atoms with Crippen LogP contribution in [0.4, 0.5) is 19.3 Å². The Bertz CT molecular complexity index is 1290. The van der Waals surface area contributed by atoms with Gasteiger partial charge in [-0.05, 0) is 36.2 Å². The van der Waals surface area contributed by atoms with Crippen molar-refractivity contribution in [1.82, 2.24) is 9.88 Å². The highest BCUT2D eigenvalue weighted by atomic mass is 19.1. The van der Waals surface area contributed by atoms with Crippen molar-refractivity contribution in [3.63, 3.8) is 0 Å². The normalized spacial score (nSPS) is 11.6. The quantitative estimate of drug-likeness (QED) is 0.450. The highest BCUT2D eigenvalue weighted by Crippen LogP contribution is 2.28. The fourth-order valence-corrected chi connectivity index (χ4v) is 3.38. The predicted molar refractivity (Wildman–Crippen MR) is 117 cm³/mol. The number of carbonyl (C=O) groups excluding carboxylic acids is 1. The number of nitrogens with one attached hydrogen (secondary N) is 2. The van der Waals surface area contributed by atoms with Gasteiger partial charge in [-0.15, -0.1) is 0 Å². The molecule has 0 spiro atoms. The summed E-state index contributed by atoms with van der Waals surface area (Å²) in [6, 6.07) is 7.25. The van der Waals surface area contributed by atoms with E-state index in [1.165, 1.54) is 29.9 Å². The zero-order valence-electron chi connectivity index (χ0n) is 17.7. The monoisotopic (exact) mass is 457 g/mol. The number of pyridine rings is 1. The number of carbonyl (C=O) groups is 2. The summed E-state index contributed by atoms with van der Waals surface area (Å²) in [5, 5.41) is 24.2. The van der Waals surface area contributed by atoms with Crippen LogP contribution in [0.5, 0.6) is 5.75 Å². The van der Waals surface area contributed by atoms with E-state index in [-0.39, 0.29) is 11.3 Å². The Morgan fingerprint density at radius 2 is 1.88 bits per heavy atom. The molecule has 0 saturated carbocycles. The third-order valence-corrected chi connectivity index (χ3v) is 4.99. The van der Waals surface area contributed by atoms with Gasteiger partial charge in [-0.1, -0.05) is 18.2 Å². The van der Waals surface area contributed by atoms with Crippen molar-refractivity contribution in [2.45, 2.75) is 19.4 Å². The number of carboxylic acid groups (broad SMARTS) is 1. The van der Waals surface area contributed by atoms with E-state index in [0.29, 0.717) is 16.7 Å². The number of urea groups is 1. The summed E-state index contributed by atoms with van der Waals surface area (Å²) in [5.74, 6) is -3.15. The molecule has 0 aliphatic carbocycles. The number of aryl methyl sites for hydroxylation is 2. The van der Waals surface area contributed by atoms with E-state index in [4.69, 9.17) is 0 Å². The van der Waals surface area contributed by atoms with Gasteiger partial charge in [-0.25, -0.2) is 13.6 Å². The summed E-state index contributed by atoms with van der Waals surface area (Å²) < 4.78 is 28.6. The zero-order valence-corrected chi connectivity index (χ0v) is 17.7. The molecular weight excluding hydrogens is 436 g/mol. The zero-order chi connectivity index (χ0) is 24.3. The van der Waals surface area contributed by atoms with E-state index in [9.17, 15) is 33.4 Å². The molecule has 33 heavy (non-hydrogen) atoms. The Hall–Kier alpha value is -4.21. The smallest absolute Gasteiger partial charge is 0.319 e. The first-order valence-corrected chi connectivity index (χ1v) is 9.80. The van der Waals surface area contributed by atoms with Crippen molar-refractivity contribution in [3.8, 4) is 16.9 Å². The summed E-state index contributed by atoms with van der Waals surface area (Å²) in [4.78, 5) is 36.2. The molecule has 3 aromatic rings. The number of amides is 2. The van der Waals surface area contributed by atoms with Crippen molar-refractivity contribution in [1.29, 1.82) is 0 Å². The number of nitrogens with zero attached hydrogens (tertiary/aromatic N) is 1. The van der Waals surface area contributed by atoms with Crippen LogP contribution in [0, 0.1) is 18.6 Å². The van der Waals surface area contributed by atoms with Crippen LogP contribution in [0.1, 0.15) is 23.6 Å². The van der Waals surface area contributed by atoms with Crippen molar-refractivity contribution in [2.24, 2.45) is 7.05 Å². The molecule has 1 unspecified atom stereocenters. The van der Waals surface area contributed by atoms with Gasteiger partial charge in [0.15, 0.2) is 5.69 Å². The van der Waals surface area contributed by atoms with Crippen LogP contribution in [-0.2, 0) is 11.8 Å². The van der Waals surface area contributed by atoms with Crippen molar-refractivity contribution >= 4 is 17.7 Å².